The summed E-state index contributed by atoms with van der Waals surface area (Å²) >= 11 is 0. The molecule has 0 bridgehead atoms. The lowest BCUT2D eigenvalue weighted by atomic mass is 10.1. The van der Waals surface area contributed by atoms with Crippen molar-refractivity contribution in [3.8, 4) is 0 Å². The van der Waals surface area contributed by atoms with E-state index in [2.05, 4.69) is 14.8 Å². The van der Waals surface area contributed by atoms with Crippen molar-refractivity contribution in [2.75, 3.05) is 50.7 Å². The summed E-state index contributed by atoms with van der Waals surface area (Å²) in [4.78, 5) is 33.7. The number of piperazine rings is 1. The Morgan fingerprint density at radius 2 is 1.78 bits per heavy atom. The lowest BCUT2D eigenvalue weighted by molar-refractivity contribution is -0.383. The van der Waals surface area contributed by atoms with Crippen LogP contribution in [0, 0.1) is 10.1 Å². The number of carbonyl (C=O) groups excluding carboxylic acids is 1. The van der Waals surface area contributed by atoms with Gasteiger partial charge in [-0.25, -0.2) is 0 Å². The van der Waals surface area contributed by atoms with Crippen molar-refractivity contribution >= 4 is 28.1 Å². The largest absolute Gasteiger partial charge is 0.368 e. The maximum atomic E-state index is 12.3. The Hall–Kier alpha value is -2.74. The molecule has 2 fully saturated rings. The average Bonchev–Trinajstić information content (AvgIpc) is 3.23. The minimum Gasteiger partial charge on any atom is -0.368 e. The van der Waals surface area contributed by atoms with Gasteiger partial charge in [0.1, 0.15) is 0 Å². The highest BCUT2D eigenvalue weighted by Gasteiger charge is 2.25. The summed E-state index contributed by atoms with van der Waals surface area (Å²) in [5.41, 5.74) is 1.07. The standard InChI is InChI=1S/C19H23N5O3/c25-19(23-7-1-2-8-23)14-21-9-11-22(12-10-21)17-3-4-18(24(26)27)16-13-20-6-5-15(16)17/h3-6,13H,1-2,7-12,14H2. The highest BCUT2D eigenvalue weighted by atomic mass is 16.6. The van der Waals surface area contributed by atoms with E-state index in [9.17, 15) is 14.9 Å². The molecular formula is C19H23N5O3. The van der Waals surface area contributed by atoms with Crippen molar-refractivity contribution in [1.29, 1.82) is 0 Å². The van der Waals surface area contributed by atoms with Gasteiger partial charge in [0.15, 0.2) is 0 Å². The summed E-state index contributed by atoms with van der Waals surface area (Å²) in [7, 11) is 0. The zero-order valence-corrected chi connectivity index (χ0v) is 15.2. The first kappa shape index (κ1) is 17.7. The molecule has 0 unspecified atom stereocenters. The predicted octanol–water partition coefficient (Wildman–Crippen LogP) is 1.89. The lowest BCUT2D eigenvalue weighted by Crippen LogP contribution is -2.49. The number of benzene rings is 1. The number of carbonyl (C=O) groups is 1. The summed E-state index contributed by atoms with van der Waals surface area (Å²) in [6.45, 7) is 5.47. The van der Waals surface area contributed by atoms with Crippen LogP contribution in [0.1, 0.15) is 12.8 Å². The molecule has 8 heteroatoms. The van der Waals surface area contributed by atoms with E-state index in [1.807, 2.05) is 17.0 Å². The van der Waals surface area contributed by atoms with Crippen LogP contribution in [0.2, 0.25) is 0 Å². The van der Waals surface area contributed by atoms with Gasteiger partial charge in [0, 0.05) is 68.8 Å². The second-order valence-corrected chi connectivity index (χ2v) is 7.13. The zero-order chi connectivity index (χ0) is 18.8. The lowest BCUT2D eigenvalue weighted by Gasteiger charge is -2.36. The third kappa shape index (κ3) is 3.57. The number of hydrogen-bond acceptors (Lipinski definition) is 6. The number of hydrogen-bond donors (Lipinski definition) is 0. The molecule has 0 spiro atoms. The molecule has 0 N–H and O–H groups in total. The van der Waals surface area contributed by atoms with Gasteiger partial charge < -0.3 is 9.80 Å². The average molecular weight is 369 g/mol. The number of nitrogens with zero attached hydrogens (tertiary/aromatic N) is 5. The molecule has 4 rings (SSSR count). The Morgan fingerprint density at radius 3 is 2.48 bits per heavy atom. The van der Waals surface area contributed by atoms with Gasteiger partial charge >= 0.3 is 0 Å². The van der Waals surface area contributed by atoms with Crippen LogP contribution in [-0.2, 0) is 4.79 Å². The maximum absolute atomic E-state index is 12.3. The van der Waals surface area contributed by atoms with E-state index in [1.54, 1.807) is 18.5 Å². The Bertz CT molecular complexity index is 858. The van der Waals surface area contributed by atoms with Crippen molar-refractivity contribution < 1.29 is 9.72 Å². The van der Waals surface area contributed by atoms with E-state index in [1.165, 1.54) is 0 Å². The molecule has 2 aliphatic rings. The van der Waals surface area contributed by atoms with E-state index in [4.69, 9.17) is 0 Å². The molecular weight excluding hydrogens is 346 g/mol. The van der Waals surface area contributed by atoms with Crippen molar-refractivity contribution in [2.24, 2.45) is 0 Å². The first-order chi connectivity index (χ1) is 13.1. The number of rotatable bonds is 4. The summed E-state index contributed by atoms with van der Waals surface area (Å²) in [6.07, 6.45) is 5.45. The Morgan fingerprint density at radius 1 is 1.04 bits per heavy atom. The fourth-order valence-corrected chi connectivity index (χ4v) is 4.00. The van der Waals surface area contributed by atoms with Gasteiger partial charge in [-0.2, -0.15) is 0 Å². The topological polar surface area (TPSA) is 82.8 Å². The van der Waals surface area contributed by atoms with E-state index >= 15 is 0 Å². The SMILES string of the molecule is O=C(CN1CCN(c2ccc([N+](=O)[O-])c3cnccc23)CC1)N1CCCC1. The van der Waals surface area contributed by atoms with Crippen molar-refractivity contribution in [2.45, 2.75) is 12.8 Å². The molecule has 2 saturated heterocycles. The number of nitro benzene ring substituents is 1. The zero-order valence-electron chi connectivity index (χ0n) is 15.2. The van der Waals surface area contributed by atoms with E-state index in [-0.39, 0.29) is 16.5 Å². The molecule has 1 aromatic carbocycles. The fourth-order valence-electron chi connectivity index (χ4n) is 4.00. The van der Waals surface area contributed by atoms with E-state index in [0.29, 0.717) is 11.9 Å². The summed E-state index contributed by atoms with van der Waals surface area (Å²) in [5.74, 6) is 0.229. The van der Waals surface area contributed by atoms with Gasteiger partial charge in [-0.3, -0.25) is 24.8 Å². The number of amides is 1. The van der Waals surface area contributed by atoms with Crippen molar-refractivity contribution in [3.05, 3.63) is 40.7 Å². The minimum atomic E-state index is -0.365. The van der Waals surface area contributed by atoms with Gasteiger partial charge in [-0.05, 0) is 25.0 Å². The highest BCUT2D eigenvalue weighted by molar-refractivity contribution is 5.99. The number of likely N-dealkylation sites (tertiary alicyclic amines) is 1. The molecule has 0 radical (unpaired) electrons. The van der Waals surface area contributed by atoms with E-state index in [0.717, 1.165) is 63.2 Å². The molecule has 0 atom stereocenters. The van der Waals surface area contributed by atoms with Crippen LogP contribution < -0.4 is 4.90 Å². The van der Waals surface area contributed by atoms with Crippen LogP contribution in [0.4, 0.5) is 11.4 Å². The number of pyridine rings is 1. The number of fused-ring (bicyclic) bond motifs is 1. The molecule has 2 aromatic rings. The third-order valence-electron chi connectivity index (χ3n) is 5.50. The molecule has 2 aliphatic heterocycles. The first-order valence-corrected chi connectivity index (χ1v) is 9.40. The summed E-state index contributed by atoms with van der Waals surface area (Å²) in [5, 5.41) is 12.7. The first-order valence-electron chi connectivity index (χ1n) is 9.40. The van der Waals surface area contributed by atoms with Crippen molar-refractivity contribution in [1.82, 2.24) is 14.8 Å². The van der Waals surface area contributed by atoms with Gasteiger partial charge in [0.05, 0.1) is 16.9 Å². The molecule has 1 amide bonds. The number of aromatic nitrogens is 1. The highest BCUT2D eigenvalue weighted by Crippen LogP contribution is 2.33. The van der Waals surface area contributed by atoms with Crippen LogP contribution in [0.5, 0.6) is 0 Å². The van der Waals surface area contributed by atoms with Gasteiger partial charge in [-0.1, -0.05) is 0 Å². The van der Waals surface area contributed by atoms with Crippen molar-refractivity contribution in [3.63, 3.8) is 0 Å². The number of non-ortho nitro benzene ring substituents is 1. The fraction of sp³-hybridized carbons (Fsp3) is 0.474. The van der Waals surface area contributed by atoms with Gasteiger partial charge in [0.25, 0.3) is 5.69 Å². The number of nitro groups is 1. The van der Waals surface area contributed by atoms with Crippen LogP contribution in [-0.4, -0.2) is 71.4 Å². The Balaban J connectivity index is 1.46. The maximum Gasteiger partial charge on any atom is 0.278 e. The smallest absolute Gasteiger partial charge is 0.278 e. The molecule has 8 nitrogen and oxygen atoms in total. The Labute approximate surface area is 157 Å². The van der Waals surface area contributed by atoms with Gasteiger partial charge in [0.2, 0.25) is 5.91 Å². The van der Waals surface area contributed by atoms with Crippen LogP contribution in [0.3, 0.4) is 0 Å². The van der Waals surface area contributed by atoms with Crippen LogP contribution in [0.25, 0.3) is 10.8 Å². The molecule has 142 valence electrons. The minimum absolute atomic E-state index is 0.0803. The van der Waals surface area contributed by atoms with E-state index < -0.39 is 0 Å². The second kappa shape index (κ2) is 7.48. The molecule has 3 heterocycles. The molecule has 0 saturated carbocycles. The Kier molecular flexibility index (Phi) is 4.89. The predicted molar refractivity (Wildman–Crippen MR) is 103 cm³/mol. The quantitative estimate of drug-likeness (QED) is 0.605. The van der Waals surface area contributed by atoms with Crippen LogP contribution >= 0.6 is 0 Å². The number of anilines is 1. The molecule has 1 aromatic heterocycles. The van der Waals surface area contributed by atoms with Gasteiger partial charge in [-0.15, -0.1) is 0 Å². The monoisotopic (exact) mass is 369 g/mol. The summed E-state index contributed by atoms with van der Waals surface area (Å²) < 4.78 is 0. The molecule has 0 aliphatic carbocycles. The second-order valence-electron chi connectivity index (χ2n) is 7.13. The summed E-state index contributed by atoms with van der Waals surface area (Å²) in [6, 6.07) is 5.22. The van der Waals surface area contributed by atoms with Crippen LogP contribution in [0.15, 0.2) is 30.6 Å². The molecule has 27 heavy (non-hydrogen) atoms. The normalized spacial score (nSPS) is 18.2. The third-order valence-corrected chi connectivity index (χ3v) is 5.50.